The molecule has 0 spiro atoms. The van der Waals surface area contributed by atoms with Gasteiger partial charge in [0.25, 0.3) is 0 Å². The Labute approximate surface area is 225 Å². The normalized spacial score (nSPS) is 46.7. The first-order valence-corrected chi connectivity index (χ1v) is 13.4. The van der Waals surface area contributed by atoms with Crippen LogP contribution in [0.1, 0.15) is 44.9 Å². The Morgan fingerprint density at radius 1 is 0.846 bits per heavy atom. The maximum Gasteiger partial charge on any atom is 0.317 e. The van der Waals surface area contributed by atoms with Gasteiger partial charge in [-0.25, -0.2) is 0 Å². The van der Waals surface area contributed by atoms with E-state index in [1.165, 1.54) is 7.11 Å². The molecule has 2 saturated carbocycles. The number of rotatable bonds is 8. The fourth-order valence-corrected chi connectivity index (χ4v) is 6.33. The quantitative estimate of drug-likeness (QED) is 0.121. The SMILES string of the molecule is COC1CC(C2OC3CC(O)CC(O)C3CC2O[C@@H]2O[C@H](COC(=O)CC(=O)O)[C@@H](O)[C@H](O)[C@H]2O)CCC1O. The lowest BCUT2D eigenvalue weighted by Crippen LogP contribution is -2.62. The van der Waals surface area contributed by atoms with Crippen LogP contribution >= 0.6 is 0 Å². The molecule has 9 unspecified atom stereocenters. The molecule has 2 aliphatic carbocycles. The van der Waals surface area contributed by atoms with Crippen molar-refractivity contribution < 1.29 is 69.0 Å². The van der Waals surface area contributed by atoms with Crippen molar-refractivity contribution in [3.63, 3.8) is 0 Å². The third kappa shape index (κ3) is 7.07. The van der Waals surface area contributed by atoms with Crippen molar-refractivity contribution in [2.45, 2.75) is 118 Å². The number of carbonyl (C=O) groups is 2. The largest absolute Gasteiger partial charge is 0.481 e. The molecule has 0 amide bonds. The third-order valence-electron chi connectivity index (χ3n) is 8.44. The highest BCUT2D eigenvalue weighted by Gasteiger charge is 2.52. The third-order valence-corrected chi connectivity index (χ3v) is 8.44. The van der Waals surface area contributed by atoms with Crippen LogP contribution < -0.4 is 0 Å². The van der Waals surface area contributed by atoms with Gasteiger partial charge < -0.3 is 59.4 Å². The Bertz CT molecular complexity index is 842. The van der Waals surface area contributed by atoms with E-state index in [-0.39, 0.29) is 18.3 Å². The minimum Gasteiger partial charge on any atom is -0.481 e. The topological polar surface area (TPSA) is 222 Å². The molecular formula is C25H40O14. The van der Waals surface area contributed by atoms with Gasteiger partial charge in [0, 0.05) is 13.0 Å². The summed E-state index contributed by atoms with van der Waals surface area (Å²) < 4.78 is 28.6. The molecule has 224 valence electrons. The number of fused-ring (bicyclic) bond motifs is 1. The summed E-state index contributed by atoms with van der Waals surface area (Å²) in [7, 11) is 1.51. The second kappa shape index (κ2) is 13.0. The molecule has 0 aromatic carbocycles. The number of methoxy groups -OCH3 is 1. The predicted octanol–water partition coefficient (Wildman–Crippen LogP) is -2.34. The van der Waals surface area contributed by atoms with Crippen LogP contribution in [0.3, 0.4) is 0 Å². The first kappa shape index (κ1) is 30.5. The van der Waals surface area contributed by atoms with Gasteiger partial charge in [-0.2, -0.15) is 0 Å². The number of carboxylic acids is 1. The summed E-state index contributed by atoms with van der Waals surface area (Å²) in [5.41, 5.74) is 0. The van der Waals surface area contributed by atoms with E-state index >= 15 is 0 Å². The highest BCUT2D eigenvalue weighted by atomic mass is 16.7. The zero-order valence-electron chi connectivity index (χ0n) is 21.7. The highest BCUT2D eigenvalue weighted by Crippen LogP contribution is 2.43. The lowest BCUT2D eigenvalue weighted by molar-refractivity contribution is -0.333. The monoisotopic (exact) mass is 564 g/mol. The summed E-state index contributed by atoms with van der Waals surface area (Å²) in [5.74, 6) is -2.97. The van der Waals surface area contributed by atoms with Crippen LogP contribution in [0.5, 0.6) is 0 Å². The van der Waals surface area contributed by atoms with Crippen LogP contribution in [-0.2, 0) is 33.3 Å². The number of hydrogen-bond donors (Lipinski definition) is 7. The Kier molecular flexibility index (Phi) is 10.2. The molecule has 0 aromatic rings. The van der Waals surface area contributed by atoms with Crippen molar-refractivity contribution in [1.82, 2.24) is 0 Å². The number of hydrogen-bond acceptors (Lipinski definition) is 13. The Morgan fingerprint density at radius 2 is 1.59 bits per heavy atom. The molecule has 14 heteroatoms. The second-order valence-corrected chi connectivity index (χ2v) is 11.1. The molecule has 7 N–H and O–H groups in total. The van der Waals surface area contributed by atoms with E-state index in [0.29, 0.717) is 32.1 Å². The predicted molar refractivity (Wildman–Crippen MR) is 127 cm³/mol. The minimum atomic E-state index is -1.72. The number of aliphatic carboxylic acids is 1. The molecule has 0 aromatic heterocycles. The van der Waals surface area contributed by atoms with Gasteiger partial charge in [0.05, 0.1) is 42.7 Å². The Balaban J connectivity index is 1.50. The van der Waals surface area contributed by atoms with Crippen molar-refractivity contribution in [3.8, 4) is 0 Å². The van der Waals surface area contributed by atoms with Gasteiger partial charge >= 0.3 is 11.9 Å². The molecule has 4 aliphatic rings. The van der Waals surface area contributed by atoms with Crippen LogP contribution in [0.25, 0.3) is 0 Å². The van der Waals surface area contributed by atoms with Crippen molar-refractivity contribution in [3.05, 3.63) is 0 Å². The van der Waals surface area contributed by atoms with Crippen LogP contribution in [0.2, 0.25) is 0 Å². The van der Waals surface area contributed by atoms with Crippen molar-refractivity contribution in [1.29, 1.82) is 0 Å². The molecule has 39 heavy (non-hydrogen) atoms. The molecule has 14 nitrogen and oxygen atoms in total. The molecule has 2 saturated heterocycles. The molecular weight excluding hydrogens is 524 g/mol. The Hall–Kier alpha value is -1.46. The van der Waals surface area contributed by atoms with Gasteiger partial charge in [-0.1, -0.05) is 0 Å². The van der Waals surface area contributed by atoms with E-state index in [9.17, 15) is 40.2 Å². The number of carbonyl (C=O) groups excluding carboxylic acids is 1. The van der Waals surface area contributed by atoms with Crippen molar-refractivity contribution in [2.75, 3.05) is 13.7 Å². The van der Waals surface area contributed by atoms with Crippen LogP contribution in [0.15, 0.2) is 0 Å². The van der Waals surface area contributed by atoms with Gasteiger partial charge in [0.2, 0.25) is 0 Å². The standard InChI is InChI=1S/C25H40O14/c1-35-16-4-10(2-3-13(16)27)24-17(7-12-14(28)5-11(26)6-15(12)37-24)38-25-23(34)22(33)21(32)18(39-25)9-36-20(31)8-19(29)30/h10-18,21-28,32-34H,2-9H2,1H3,(H,29,30)/t10?,11?,12?,13?,14?,15?,16?,17?,18-,21-,22+,23-,24?,25-/m1/s1. The van der Waals surface area contributed by atoms with E-state index in [1.54, 1.807) is 0 Å². The molecule has 2 heterocycles. The summed E-state index contributed by atoms with van der Waals surface area (Å²) in [6, 6.07) is 0. The maximum atomic E-state index is 11.7. The summed E-state index contributed by atoms with van der Waals surface area (Å²) in [5, 5.41) is 71.4. The van der Waals surface area contributed by atoms with E-state index in [0.717, 1.165) is 0 Å². The van der Waals surface area contributed by atoms with Crippen molar-refractivity contribution in [2.24, 2.45) is 11.8 Å². The second-order valence-electron chi connectivity index (χ2n) is 11.1. The summed E-state index contributed by atoms with van der Waals surface area (Å²) in [6.45, 7) is -0.584. The van der Waals surface area contributed by atoms with Crippen LogP contribution in [0.4, 0.5) is 0 Å². The number of ether oxygens (including phenoxy) is 5. The first-order chi connectivity index (χ1) is 18.5. The zero-order chi connectivity index (χ0) is 28.4. The van der Waals surface area contributed by atoms with Gasteiger partial charge in [0.1, 0.15) is 37.4 Å². The molecule has 4 fully saturated rings. The lowest BCUT2D eigenvalue weighted by atomic mass is 9.72. The number of aliphatic hydroxyl groups excluding tert-OH is 6. The van der Waals surface area contributed by atoms with Gasteiger partial charge in [-0.05, 0) is 44.4 Å². The van der Waals surface area contributed by atoms with Gasteiger partial charge in [0.15, 0.2) is 6.29 Å². The van der Waals surface area contributed by atoms with Crippen LogP contribution in [-0.4, -0.2) is 135 Å². The van der Waals surface area contributed by atoms with E-state index in [1.807, 2.05) is 0 Å². The van der Waals surface area contributed by atoms with Crippen LogP contribution in [0, 0.1) is 11.8 Å². The average Bonchev–Trinajstić information content (AvgIpc) is 2.88. The first-order valence-electron chi connectivity index (χ1n) is 13.4. The minimum absolute atomic E-state index is 0.135. The lowest BCUT2D eigenvalue weighted by Gasteiger charge is -2.51. The van der Waals surface area contributed by atoms with E-state index in [4.69, 9.17) is 28.8 Å². The maximum absolute atomic E-state index is 11.7. The molecule has 0 radical (unpaired) electrons. The molecule has 4 rings (SSSR count). The fraction of sp³-hybridized carbons (Fsp3) is 0.920. The van der Waals surface area contributed by atoms with E-state index in [2.05, 4.69) is 0 Å². The van der Waals surface area contributed by atoms with Gasteiger partial charge in [-0.15, -0.1) is 0 Å². The molecule has 2 aliphatic heterocycles. The summed E-state index contributed by atoms with van der Waals surface area (Å²) >= 11 is 0. The number of esters is 1. The summed E-state index contributed by atoms with van der Waals surface area (Å²) in [6.07, 6.45) is -10.8. The molecule has 0 bridgehead atoms. The highest BCUT2D eigenvalue weighted by molar-refractivity contribution is 5.90. The fourth-order valence-electron chi connectivity index (χ4n) is 6.33. The van der Waals surface area contributed by atoms with E-state index < -0.39 is 98.4 Å². The average molecular weight is 565 g/mol. The molecule has 14 atom stereocenters. The number of carboxylic acid groups (broad SMARTS) is 1. The zero-order valence-corrected chi connectivity index (χ0v) is 21.7. The smallest absolute Gasteiger partial charge is 0.317 e. The van der Waals surface area contributed by atoms with Gasteiger partial charge in [-0.3, -0.25) is 9.59 Å². The van der Waals surface area contributed by atoms with Crippen molar-refractivity contribution >= 4 is 11.9 Å². The number of aliphatic hydroxyl groups is 6. The Morgan fingerprint density at radius 3 is 2.28 bits per heavy atom. The summed E-state index contributed by atoms with van der Waals surface area (Å²) in [4.78, 5) is 22.4.